The Hall–Kier alpha value is -3.17. The summed E-state index contributed by atoms with van der Waals surface area (Å²) in [6, 6.07) is 14.0. The van der Waals surface area contributed by atoms with Gasteiger partial charge in [0.05, 0.1) is 6.61 Å². The van der Waals surface area contributed by atoms with E-state index in [-0.39, 0.29) is 19.0 Å². The predicted molar refractivity (Wildman–Crippen MR) is 140 cm³/mol. The van der Waals surface area contributed by atoms with Gasteiger partial charge in [-0.25, -0.2) is 9.97 Å². The molecule has 0 saturated carbocycles. The van der Waals surface area contributed by atoms with Gasteiger partial charge in [0.15, 0.2) is 0 Å². The molecule has 0 spiro atoms. The minimum Gasteiger partial charge on any atom is -0.466 e. The van der Waals surface area contributed by atoms with Gasteiger partial charge in [-0.05, 0) is 48.2 Å². The summed E-state index contributed by atoms with van der Waals surface area (Å²) < 4.78 is 9.05. The van der Waals surface area contributed by atoms with Gasteiger partial charge in [0.2, 0.25) is 0 Å². The third-order valence-corrected chi connectivity index (χ3v) is 6.41. The Kier molecular flexibility index (Phi) is 9.35. The molecule has 0 aliphatic carbocycles. The Morgan fingerprint density at radius 1 is 0.838 bits per heavy atom. The molecule has 2 unspecified atom stereocenters. The lowest BCUT2D eigenvalue weighted by Gasteiger charge is -2.14. The minimum atomic E-state index is -0.910. The number of hydrogen-bond donors (Lipinski definition) is 2. The lowest BCUT2D eigenvalue weighted by Crippen LogP contribution is -2.13. The van der Waals surface area contributed by atoms with Gasteiger partial charge in [-0.2, -0.15) is 0 Å². The summed E-state index contributed by atoms with van der Waals surface area (Å²) in [5.74, 6) is 0.724. The molecule has 2 heterocycles. The van der Waals surface area contributed by atoms with Crippen LogP contribution in [0.4, 0.5) is 0 Å². The van der Waals surface area contributed by atoms with Crippen molar-refractivity contribution in [3.8, 4) is 0 Å². The van der Waals surface area contributed by atoms with Crippen molar-refractivity contribution >= 4 is 29.2 Å². The van der Waals surface area contributed by atoms with Crippen LogP contribution < -0.4 is 0 Å². The highest BCUT2D eigenvalue weighted by Crippen LogP contribution is 2.24. The molecule has 0 aliphatic heterocycles. The van der Waals surface area contributed by atoms with E-state index in [1.807, 2.05) is 9.13 Å². The highest BCUT2D eigenvalue weighted by molar-refractivity contribution is 6.30. The molecule has 2 N–H and O–H groups in total. The Bertz CT molecular complexity index is 1310. The van der Waals surface area contributed by atoms with Crippen LogP contribution in [-0.4, -0.2) is 41.9 Å². The second-order valence-corrected chi connectivity index (χ2v) is 9.42. The van der Waals surface area contributed by atoms with Crippen molar-refractivity contribution in [3.05, 3.63) is 106 Å². The van der Waals surface area contributed by atoms with E-state index >= 15 is 0 Å². The minimum absolute atomic E-state index is 0.247. The van der Waals surface area contributed by atoms with Crippen molar-refractivity contribution in [1.29, 1.82) is 0 Å². The van der Waals surface area contributed by atoms with E-state index in [0.29, 0.717) is 58.8 Å². The van der Waals surface area contributed by atoms with E-state index in [1.54, 1.807) is 73.3 Å². The standard InChI is InChI=1S/C27H28Cl2N4O4/c28-21-9-7-19(8-10-21)24(35)26-30-12-16-33(26)14-3-17-37-23(34)6-2-13-32-15-11-31-27(32)25(36)20-4-1-5-22(29)18-20/h1,4-5,7-12,15-16,18,24-25,35-36H,2-3,6,13-14,17H2. The molecule has 10 heteroatoms. The number of aliphatic hydroxyl groups is 2. The smallest absolute Gasteiger partial charge is 0.305 e. The summed E-state index contributed by atoms with van der Waals surface area (Å²) in [6.07, 6.45) is 6.41. The SMILES string of the molecule is O=C(CCCn1ccnc1C(O)c1cccc(Cl)c1)OCCCn1ccnc1C(O)c1ccc(Cl)cc1. The maximum atomic E-state index is 12.2. The van der Waals surface area contributed by atoms with Crippen LogP contribution in [0.25, 0.3) is 0 Å². The van der Waals surface area contributed by atoms with Gasteiger partial charge in [-0.1, -0.05) is 47.5 Å². The summed E-state index contributed by atoms with van der Waals surface area (Å²) in [6.45, 7) is 1.33. The van der Waals surface area contributed by atoms with Gasteiger partial charge in [-0.15, -0.1) is 0 Å². The number of nitrogens with zero attached hydrogens (tertiary/aromatic N) is 4. The molecule has 37 heavy (non-hydrogen) atoms. The molecule has 4 aromatic rings. The molecule has 0 radical (unpaired) electrons. The fourth-order valence-corrected chi connectivity index (χ4v) is 4.35. The monoisotopic (exact) mass is 542 g/mol. The number of halogens is 2. The summed E-state index contributed by atoms with van der Waals surface area (Å²) in [5.41, 5.74) is 1.35. The number of benzene rings is 2. The van der Waals surface area contributed by atoms with Crippen molar-refractivity contribution in [2.45, 2.75) is 44.6 Å². The first-order valence-electron chi connectivity index (χ1n) is 12.0. The fraction of sp³-hybridized carbons (Fsp3) is 0.296. The predicted octanol–water partition coefficient (Wildman–Crippen LogP) is 4.96. The summed E-state index contributed by atoms with van der Waals surface area (Å²) >= 11 is 12.0. The summed E-state index contributed by atoms with van der Waals surface area (Å²) in [5, 5.41) is 22.5. The first-order valence-corrected chi connectivity index (χ1v) is 12.7. The molecular weight excluding hydrogens is 515 g/mol. The average molecular weight is 543 g/mol. The first-order chi connectivity index (χ1) is 17.9. The quantitative estimate of drug-likeness (QED) is 0.193. The number of esters is 1. The molecular formula is C27H28Cl2N4O4. The zero-order valence-electron chi connectivity index (χ0n) is 20.1. The first kappa shape index (κ1) is 26.9. The van der Waals surface area contributed by atoms with E-state index in [9.17, 15) is 15.0 Å². The Morgan fingerprint density at radius 2 is 1.46 bits per heavy atom. The van der Waals surface area contributed by atoms with Crippen LogP contribution in [-0.2, 0) is 22.6 Å². The van der Waals surface area contributed by atoms with Gasteiger partial charge >= 0.3 is 5.97 Å². The molecule has 0 amide bonds. The van der Waals surface area contributed by atoms with Crippen LogP contribution in [0, 0.1) is 0 Å². The number of imidazole rings is 2. The number of rotatable bonds is 12. The van der Waals surface area contributed by atoms with Crippen LogP contribution in [0.15, 0.2) is 73.3 Å². The molecule has 8 nitrogen and oxygen atoms in total. The highest BCUT2D eigenvalue weighted by atomic mass is 35.5. The second-order valence-electron chi connectivity index (χ2n) is 8.55. The summed E-state index contributed by atoms with van der Waals surface area (Å²) in [7, 11) is 0. The number of hydrogen-bond acceptors (Lipinski definition) is 6. The number of aliphatic hydroxyl groups excluding tert-OH is 2. The van der Waals surface area contributed by atoms with Crippen molar-refractivity contribution < 1.29 is 19.7 Å². The fourth-order valence-electron chi connectivity index (χ4n) is 4.02. The molecule has 2 aromatic carbocycles. The van der Waals surface area contributed by atoms with E-state index in [0.717, 1.165) is 0 Å². The van der Waals surface area contributed by atoms with Crippen molar-refractivity contribution in [2.75, 3.05) is 6.61 Å². The van der Waals surface area contributed by atoms with Gasteiger partial charge in [0.1, 0.15) is 23.9 Å². The highest BCUT2D eigenvalue weighted by Gasteiger charge is 2.18. The number of carbonyl (C=O) groups is 1. The van der Waals surface area contributed by atoms with Gasteiger partial charge in [0.25, 0.3) is 0 Å². The molecule has 4 rings (SSSR count). The lowest BCUT2D eigenvalue weighted by molar-refractivity contribution is -0.144. The summed E-state index contributed by atoms with van der Waals surface area (Å²) in [4.78, 5) is 20.8. The van der Waals surface area contributed by atoms with E-state index in [4.69, 9.17) is 27.9 Å². The number of carbonyl (C=O) groups excluding carboxylic acids is 1. The topological polar surface area (TPSA) is 102 Å². The lowest BCUT2D eigenvalue weighted by atomic mass is 10.1. The Balaban J connectivity index is 1.19. The van der Waals surface area contributed by atoms with Crippen LogP contribution >= 0.6 is 23.2 Å². The normalized spacial score (nSPS) is 12.9. The number of aromatic nitrogens is 4. The van der Waals surface area contributed by atoms with Crippen molar-refractivity contribution in [2.24, 2.45) is 0 Å². The van der Waals surface area contributed by atoms with Crippen LogP contribution in [0.3, 0.4) is 0 Å². The largest absolute Gasteiger partial charge is 0.466 e. The molecule has 2 aromatic heterocycles. The Morgan fingerprint density at radius 3 is 2.11 bits per heavy atom. The van der Waals surface area contributed by atoms with Crippen molar-refractivity contribution in [3.63, 3.8) is 0 Å². The van der Waals surface area contributed by atoms with E-state index in [2.05, 4.69) is 9.97 Å². The number of aryl methyl sites for hydroxylation is 2. The third kappa shape index (κ3) is 7.20. The van der Waals surface area contributed by atoms with Crippen LogP contribution in [0.2, 0.25) is 10.0 Å². The molecule has 2 atom stereocenters. The van der Waals surface area contributed by atoms with Crippen molar-refractivity contribution in [1.82, 2.24) is 19.1 Å². The maximum Gasteiger partial charge on any atom is 0.305 e. The van der Waals surface area contributed by atoms with E-state index < -0.39 is 12.2 Å². The number of ether oxygens (including phenoxy) is 1. The third-order valence-electron chi connectivity index (χ3n) is 5.92. The second kappa shape index (κ2) is 12.9. The molecule has 194 valence electrons. The molecule has 0 bridgehead atoms. The van der Waals surface area contributed by atoms with E-state index in [1.165, 1.54) is 0 Å². The average Bonchev–Trinajstić information content (AvgIpc) is 3.56. The zero-order valence-corrected chi connectivity index (χ0v) is 21.6. The molecule has 0 aliphatic rings. The van der Waals surface area contributed by atoms with Crippen LogP contribution in [0.5, 0.6) is 0 Å². The molecule has 0 fully saturated rings. The molecule has 0 saturated heterocycles. The zero-order chi connectivity index (χ0) is 26.2. The Labute approximate surface area is 225 Å². The maximum absolute atomic E-state index is 12.2. The van der Waals surface area contributed by atoms with Gasteiger partial charge < -0.3 is 24.1 Å². The van der Waals surface area contributed by atoms with Gasteiger partial charge in [0, 0.05) is 54.3 Å². The van der Waals surface area contributed by atoms with Gasteiger partial charge in [-0.3, -0.25) is 4.79 Å². The van der Waals surface area contributed by atoms with Crippen LogP contribution in [0.1, 0.15) is 54.2 Å².